The van der Waals surface area contributed by atoms with Gasteiger partial charge in [0, 0.05) is 61.6 Å². The number of quaternary nitrogens is 2. The van der Waals surface area contributed by atoms with Gasteiger partial charge in [-0.15, -0.1) is 0 Å². The summed E-state index contributed by atoms with van der Waals surface area (Å²) in [6, 6.07) is 16.3. The van der Waals surface area contributed by atoms with Crippen molar-refractivity contribution in [3.8, 4) is 57.5 Å². The molecule has 0 radical (unpaired) electrons. The molecule has 0 N–H and O–H groups in total. The summed E-state index contributed by atoms with van der Waals surface area (Å²) in [5.74, 6) is 5.59. The lowest BCUT2D eigenvalue weighted by Gasteiger charge is -2.46. The highest BCUT2D eigenvalue weighted by molar-refractivity contribution is 5.70. The zero-order chi connectivity index (χ0) is 51.3. The van der Waals surface area contributed by atoms with Crippen LogP contribution in [0, 0.1) is 0 Å². The molecule has 16 nitrogen and oxygen atoms in total. The lowest BCUT2D eigenvalue weighted by molar-refractivity contribution is -0.941. The summed E-state index contributed by atoms with van der Waals surface area (Å²) >= 11 is 0. The fourth-order valence-corrected chi connectivity index (χ4v) is 10.6. The number of rotatable bonds is 26. The Morgan fingerprint density at radius 2 is 0.859 bits per heavy atom. The zero-order valence-corrected chi connectivity index (χ0v) is 44.0. The third-order valence-electron chi connectivity index (χ3n) is 14.4. The molecule has 4 aromatic rings. The van der Waals surface area contributed by atoms with Crippen LogP contribution in [0.1, 0.15) is 84.0 Å². The average molecular weight is 989 g/mol. The molecule has 0 spiro atoms. The van der Waals surface area contributed by atoms with Gasteiger partial charge in [-0.2, -0.15) is 0 Å². The van der Waals surface area contributed by atoms with E-state index in [1.807, 2.05) is 24.3 Å². The van der Waals surface area contributed by atoms with E-state index in [2.05, 4.69) is 38.4 Å². The van der Waals surface area contributed by atoms with Gasteiger partial charge in [-0.05, 0) is 78.1 Å². The van der Waals surface area contributed by atoms with E-state index in [4.69, 9.17) is 56.8 Å². The number of esters is 2. The number of hydrogen-bond acceptors (Lipinski definition) is 14. The number of carbonyl (C=O) groups is 2. The predicted molar refractivity (Wildman–Crippen MR) is 268 cm³/mol. The molecule has 6 rings (SSSR count). The third kappa shape index (κ3) is 12.3. The lowest BCUT2D eigenvalue weighted by Crippen LogP contribution is -2.52. The van der Waals surface area contributed by atoms with Crippen LogP contribution < -0.4 is 47.4 Å². The third-order valence-corrected chi connectivity index (χ3v) is 14.4. The standard InChI is InChI=1S/C55H76N2O14/c1-56(23-19-37-30-43(60-3)45(62-5)34-40(37)42(56)27-36-28-47(64-7)54(68-11)48(29-36)65-8)21-15-25-70-51(58)17-13-14-18-52(59)71-26-16-22-57(2)24-20-38-31-44(61-4)46(63-6)35-41(38)53(57)39-32-49(66-9)55(69-12)50(33-39)67-10/h28-35,42,53H,13-27H2,1-12H3/q+2/t42-,53+,56-,57+/m1/s1. The minimum atomic E-state index is -0.278. The molecule has 0 aliphatic carbocycles. The van der Waals surface area contributed by atoms with Crippen molar-refractivity contribution in [3.05, 3.63) is 81.9 Å². The van der Waals surface area contributed by atoms with Crippen LogP contribution in [-0.4, -0.2) is 145 Å². The van der Waals surface area contributed by atoms with Gasteiger partial charge in [0.25, 0.3) is 0 Å². The van der Waals surface area contributed by atoms with E-state index in [1.165, 1.54) is 16.7 Å². The molecule has 0 aromatic heterocycles. The van der Waals surface area contributed by atoms with Gasteiger partial charge in [0.15, 0.2) is 46.0 Å². The van der Waals surface area contributed by atoms with Crippen molar-refractivity contribution in [1.29, 1.82) is 0 Å². The SMILES string of the molecule is COc1cc2c(cc1OC)[C@H](c1cc(OC)c(OC)c(OC)c1)[N@@+](C)(CCCOC(=O)CCCCC(=O)OCCC[N@+]1(C)CCc3cc(OC)c(OC)cc3[C@H]1Cc1cc(OC)c(OC)c(OC)c1)CC2. The van der Waals surface area contributed by atoms with Crippen LogP contribution in [0.25, 0.3) is 0 Å². The summed E-state index contributed by atoms with van der Waals surface area (Å²) < 4.78 is 69.9. The van der Waals surface area contributed by atoms with E-state index in [-0.39, 0.29) is 43.5 Å². The molecule has 0 saturated heterocycles. The molecular formula is C55H76N2O14+2. The Hall–Kier alpha value is -6.26. The number of unbranched alkanes of at least 4 members (excludes halogenated alkanes) is 1. The molecule has 388 valence electrons. The van der Waals surface area contributed by atoms with E-state index in [1.54, 1.807) is 71.1 Å². The van der Waals surface area contributed by atoms with Gasteiger partial charge in [-0.1, -0.05) is 0 Å². The van der Waals surface area contributed by atoms with Gasteiger partial charge in [-0.25, -0.2) is 0 Å². The maximum Gasteiger partial charge on any atom is 0.305 e. The molecule has 2 aliphatic rings. The second kappa shape index (κ2) is 24.7. The summed E-state index contributed by atoms with van der Waals surface area (Å²) in [4.78, 5) is 25.9. The molecule has 2 heterocycles. The Balaban J connectivity index is 1.00. The number of hydrogen-bond donors (Lipinski definition) is 0. The molecular weight excluding hydrogens is 913 g/mol. The van der Waals surface area contributed by atoms with Crippen molar-refractivity contribution in [2.45, 2.75) is 69.9 Å². The summed E-state index contributed by atoms with van der Waals surface area (Å²) in [7, 11) is 20.8. The Labute approximate surface area is 420 Å². The molecule has 0 saturated carbocycles. The van der Waals surface area contributed by atoms with Crippen molar-refractivity contribution >= 4 is 11.9 Å². The first-order valence-electron chi connectivity index (χ1n) is 24.4. The largest absolute Gasteiger partial charge is 0.493 e. The van der Waals surface area contributed by atoms with Gasteiger partial charge < -0.3 is 65.8 Å². The molecule has 4 atom stereocenters. The van der Waals surface area contributed by atoms with E-state index < -0.39 is 0 Å². The average Bonchev–Trinajstić information content (AvgIpc) is 3.39. The van der Waals surface area contributed by atoms with Gasteiger partial charge >= 0.3 is 11.9 Å². The van der Waals surface area contributed by atoms with Crippen molar-refractivity contribution in [2.75, 3.05) is 125 Å². The maximum atomic E-state index is 12.9. The fraction of sp³-hybridized carbons (Fsp3) is 0.527. The summed E-state index contributed by atoms with van der Waals surface area (Å²) in [6.45, 7) is 3.82. The summed E-state index contributed by atoms with van der Waals surface area (Å²) in [6.07, 6.45) is 5.21. The van der Waals surface area contributed by atoms with Crippen LogP contribution in [-0.2, 0) is 38.3 Å². The molecule has 71 heavy (non-hydrogen) atoms. The molecule has 0 amide bonds. The van der Waals surface area contributed by atoms with Gasteiger partial charge in [0.05, 0.1) is 125 Å². The van der Waals surface area contributed by atoms with E-state index in [9.17, 15) is 9.59 Å². The number of carbonyl (C=O) groups excluding carboxylic acids is 2. The maximum absolute atomic E-state index is 12.9. The van der Waals surface area contributed by atoms with Crippen molar-refractivity contribution in [3.63, 3.8) is 0 Å². The first-order chi connectivity index (χ1) is 34.3. The van der Waals surface area contributed by atoms with Crippen LogP contribution in [0.5, 0.6) is 57.5 Å². The normalized spacial score (nSPS) is 19.0. The second-order valence-corrected chi connectivity index (χ2v) is 18.6. The van der Waals surface area contributed by atoms with Gasteiger partial charge in [-0.3, -0.25) is 9.59 Å². The van der Waals surface area contributed by atoms with Crippen LogP contribution >= 0.6 is 0 Å². The minimum Gasteiger partial charge on any atom is -0.493 e. The highest BCUT2D eigenvalue weighted by Gasteiger charge is 2.43. The molecule has 2 aliphatic heterocycles. The van der Waals surface area contributed by atoms with E-state index >= 15 is 0 Å². The summed E-state index contributed by atoms with van der Waals surface area (Å²) in [5.41, 5.74) is 6.73. The zero-order valence-electron chi connectivity index (χ0n) is 44.0. The molecule has 16 heteroatoms. The monoisotopic (exact) mass is 989 g/mol. The number of likely N-dealkylation sites (N-methyl/N-ethyl adjacent to an activating group) is 2. The Morgan fingerprint density at radius 3 is 1.31 bits per heavy atom. The quantitative estimate of drug-likeness (QED) is 0.0338. The minimum absolute atomic E-state index is 0.0453. The Morgan fingerprint density at radius 1 is 0.465 bits per heavy atom. The number of ether oxygens (including phenoxy) is 12. The van der Waals surface area contributed by atoms with Crippen LogP contribution in [0.2, 0.25) is 0 Å². The lowest BCUT2D eigenvalue weighted by atomic mass is 9.85. The molecule has 0 bridgehead atoms. The van der Waals surface area contributed by atoms with E-state index in [0.717, 1.165) is 60.2 Å². The number of fused-ring (bicyclic) bond motifs is 2. The van der Waals surface area contributed by atoms with Crippen LogP contribution in [0.4, 0.5) is 0 Å². The first kappa shape index (κ1) is 54.1. The predicted octanol–water partition coefficient (Wildman–Crippen LogP) is 8.28. The Kier molecular flexibility index (Phi) is 18.8. The number of nitrogens with zero attached hydrogens (tertiary/aromatic N) is 2. The topological polar surface area (TPSA) is 145 Å². The number of methoxy groups -OCH3 is 10. The van der Waals surface area contributed by atoms with Gasteiger partial charge in [0.2, 0.25) is 11.5 Å². The van der Waals surface area contributed by atoms with Crippen molar-refractivity contribution < 1.29 is 75.4 Å². The second-order valence-electron chi connectivity index (χ2n) is 18.6. The first-order valence-corrected chi connectivity index (χ1v) is 24.4. The smallest absolute Gasteiger partial charge is 0.305 e. The van der Waals surface area contributed by atoms with Crippen molar-refractivity contribution in [2.24, 2.45) is 0 Å². The molecule has 0 unspecified atom stereocenters. The van der Waals surface area contributed by atoms with E-state index in [0.29, 0.717) is 101 Å². The Bertz CT molecular complexity index is 2410. The van der Waals surface area contributed by atoms with Crippen LogP contribution in [0.15, 0.2) is 48.5 Å². The highest BCUT2D eigenvalue weighted by atomic mass is 16.6. The molecule has 4 aromatic carbocycles. The highest BCUT2D eigenvalue weighted by Crippen LogP contribution is 2.49. The summed E-state index contributed by atoms with van der Waals surface area (Å²) in [5, 5.41) is 0. The van der Waals surface area contributed by atoms with Gasteiger partial charge in [0.1, 0.15) is 12.1 Å². The molecule has 0 fully saturated rings. The van der Waals surface area contributed by atoms with Crippen LogP contribution in [0.3, 0.4) is 0 Å². The number of benzene rings is 4. The van der Waals surface area contributed by atoms with Crippen molar-refractivity contribution in [1.82, 2.24) is 0 Å². The fourth-order valence-electron chi connectivity index (χ4n) is 10.6.